The molecule has 0 aliphatic heterocycles. The molecule has 2 amide bonds. The monoisotopic (exact) mass is 280 g/mol. The number of carboxylic acid groups (broad SMARTS) is 1. The lowest BCUT2D eigenvalue weighted by Crippen LogP contribution is -2.57. The van der Waals surface area contributed by atoms with Gasteiger partial charge in [0.15, 0.2) is 0 Å². The largest absolute Gasteiger partial charge is 0.480 e. The number of hydrogen-bond donors (Lipinski definition) is 4. The normalized spacial score (nSPS) is 18.9. The van der Waals surface area contributed by atoms with E-state index in [1.54, 1.807) is 19.3 Å². The van der Waals surface area contributed by atoms with Crippen molar-refractivity contribution in [3.05, 3.63) is 18.2 Å². The van der Waals surface area contributed by atoms with Crippen molar-refractivity contribution in [1.82, 2.24) is 20.6 Å². The van der Waals surface area contributed by atoms with Crippen LogP contribution < -0.4 is 10.6 Å². The van der Waals surface area contributed by atoms with E-state index in [0.717, 1.165) is 12.8 Å². The Hall–Kier alpha value is -2.05. The van der Waals surface area contributed by atoms with Gasteiger partial charge in [0.1, 0.15) is 11.4 Å². The van der Waals surface area contributed by atoms with Crippen molar-refractivity contribution in [1.29, 1.82) is 0 Å². The number of nitrogens with one attached hydrogen (secondary N) is 3. The molecule has 2 atom stereocenters. The van der Waals surface area contributed by atoms with Crippen molar-refractivity contribution < 1.29 is 14.7 Å². The summed E-state index contributed by atoms with van der Waals surface area (Å²) in [6.45, 7) is 3.48. The van der Waals surface area contributed by atoms with E-state index in [9.17, 15) is 14.7 Å². The first-order valence-electron chi connectivity index (χ1n) is 6.78. The Labute approximate surface area is 117 Å². The van der Waals surface area contributed by atoms with Crippen LogP contribution in [0.2, 0.25) is 0 Å². The maximum absolute atomic E-state index is 12.0. The number of aliphatic carboxylic acids is 1. The molecule has 7 heteroatoms. The molecule has 2 rings (SSSR count). The minimum atomic E-state index is -1.20. The van der Waals surface area contributed by atoms with Gasteiger partial charge < -0.3 is 20.7 Å². The number of nitrogens with zero attached hydrogens (tertiary/aromatic N) is 1. The first kappa shape index (κ1) is 14.4. The summed E-state index contributed by atoms with van der Waals surface area (Å²) in [5, 5.41) is 14.7. The highest BCUT2D eigenvalue weighted by atomic mass is 16.4. The Morgan fingerprint density at radius 1 is 1.60 bits per heavy atom. The zero-order chi connectivity index (χ0) is 14.8. The molecule has 0 radical (unpaired) electrons. The van der Waals surface area contributed by atoms with Gasteiger partial charge in [-0.05, 0) is 32.1 Å². The highest BCUT2D eigenvalue weighted by Gasteiger charge is 2.48. The molecule has 1 heterocycles. The van der Waals surface area contributed by atoms with E-state index in [-0.39, 0.29) is 12.0 Å². The molecule has 1 aliphatic carbocycles. The van der Waals surface area contributed by atoms with Gasteiger partial charge in [-0.1, -0.05) is 6.92 Å². The number of carbonyl (C=O) groups is 2. The van der Waals surface area contributed by atoms with Crippen molar-refractivity contribution in [3.8, 4) is 0 Å². The Morgan fingerprint density at radius 3 is 2.75 bits per heavy atom. The maximum Gasteiger partial charge on any atom is 0.329 e. The average molecular weight is 280 g/mol. The molecular formula is C13H20N4O3. The number of aromatic nitrogens is 2. The summed E-state index contributed by atoms with van der Waals surface area (Å²) >= 11 is 0. The molecule has 1 aliphatic rings. The molecule has 0 saturated heterocycles. The Balaban J connectivity index is 1.99. The molecule has 0 bridgehead atoms. The minimum Gasteiger partial charge on any atom is -0.480 e. The summed E-state index contributed by atoms with van der Waals surface area (Å²) < 4.78 is 0. The van der Waals surface area contributed by atoms with Crippen LogP contribution in [0, 0.1) is 5.92 Å². The molecule has 0 aromatic carbocycles. The molecule has 2 unspecified atom stereocenters. The molecule has 4 N–H and O–H groups in total. The van der Waals surface area contributed by atoms with Crippen LogP contribution in [0.3, 0.4) is 0 Å². The summed E-state index contributed by atoms with van der Waals surface area (Å²) in [4.78, 5) is 30.4. The number of urea groups is 1. The van der Waals surface area contributed by atoms with Crippen LogP contribution >= 0.6 is 0 Å². The van der Waals surface area contributed by atoms with E-state index < -0.39 is 17.5 Å². The second kappa shape index (κ2) is 5.52. The van der Waals surface area contributed by atoms with Gasteiger partial charge in [0.05, 0.1) is 6.04 Å². The lowest BCUT2D eigenvalue weighted by Gasteiger charge is -2.27. The molecule has 1 fully saturated rings. The van der Waals surface area contributed by atoms with Crippen LogP contribution in [0.25, 0.3) is 0 Å². The molecule has 1 saturated carbocycles. The Kier molecular flexibility index (Phi) is 3.96. The second-order valence-electron chi connectivity index (χ2n) is 5.32. The molecule has 1 aromatic rings. The third-order valence-corrected chi connectivity index (χ3v) is 3.77. The van der Waals surface area contributed by atoms with E-state index >= 15 is 0 Å². The summed E-state index contributed by atoms with van der Waals surface area (Å²) in [7, 11) is 0. The molecule has 1 aromatic heterocycles. The van der Waals surface area contributed by atoms with Gasteiger partial charge in [0, 0.05) is 12.4 Å². The third-order valence-electron chi connectivity index (χ3n) is 3.77. The van der Waals surface area contributed by atoms with Gasteiger partial charge in [-0.15, -0.1) is 0 Å². The molecule has 0 spiro atoms. The SMILES string of the molecule is CCC(NC(=O)NC(C)(C(=O)O)C1CC1)c1ncc[nH]1. The number of hydrogen-bond acceptors (Lipinski definition) is 3. The van der Waals surface area contributed by atoms with Crippen LogP contribution in [0.5, 0.6) is 0 Å². The predicted octanol–water partition coefficient (Wildman–Crippen LogP) is 1.41. The molecule has 20 heavy (non-hydrogen) atoms. The summed E-state index contributed by atoms with van der Waals surface area (Å²) in [5.74, 6) is -0.332. The zero-order valence-electron chi connectivity index (χ0n) is 11.6. The fourth-order valence-electron chi connectivity index (χ4n) is 2.25. The standard InChI is InChI=1S/C13H20N4O3/c1-3-9(10-14-6-7-15-10)16-12(20)17-13(2,11(18)19)8-4-5-8/h6-9H,3-5H2,1-2H3,(H,14,15)(H,18,19)(H2,16,17,20). The first-order chi connectivity index (χ1) is 9.47. The van der Waals surface area contributed by atoms with E-state index in [0.29, 0.717) is 12.2 Å². The van der Waals surface area contributed by atoms with E-state index in [4.69, 9.17) is 0 Å². The highest BCUT2D eigenvalue weighted by molar-refractivity contribution is 5.86. The number of H-pyrrole nitrogens is 1. The quantitative estimate of drug-likeness (QED) is 0.632. The number of amides is 2. The highest BCUT2D eigenvalue weighted by Crippen LogP contribution is 2.39. The van der Waals surface area contributed by atoms with Gasteiger partial charge in [-0.2, -0.15) is 0 Å². The van der Waals surface area contributed by atoms with Crippen LogP contribution in [-0.2, 0) is 4.79 Å². The van der Waals surface area contributed by atoms with Crippen molar-refractivity contribution in [2.24, 2.45) is 5.92 Å². The molecule has 110 valence electrons. The second-order valence-corrected chi connectivity index (χ2v) is 5.32. The fourth-order valence-corrected chi connectivity index (χ4v) is 2.25. The molecule has 7 nitrogen and oxygen atoms in total. The Bertz CT molecular complexity index is 484. The first-order valence-corrected chi connectivity index (χ1v) is 6.78. The van der Waals surface area contributed by atoms with Gasteiger partial charge in [-0.25, -0.2) is 14.6 Å². The van der Waals surface area contributed by atoms with Crippen LogP contribution in [0.15, 0.2) is 12.4 Å². The van der Waals surface area contributed by atoms with Crippen molar-refractivity contribution in [3.63, 3.8) is 0 Å². The van der Waals surface area contributed by atoms with E-state index in [1.807, 2.05) is 6.92 Å². The number of rotatable bonds is 6. The van der Waals surface area contributed by atoms with Gasteiger partial charge >= 0.3 is 12.0 Å². The number of aromatic amines is 1. The number of imidazole rings is 1. The topological polar surface area (TPSA) is 107 Å². The van der Waals surface area contributed by atoms with E-state index in [2.05, 4.69) is 20.6 Å². The van der Waals surface area contributed by atoms with Gasteiger partial charge in [0.25, 0.3) is 0 Å². The lowest BCUT2D eigenvalue weighted by atomic mass is 9.96. The van der Waals surface area contributed by atoms with Gasteiger partial charge in [-0.3, -0.25) is 0 Å². The molecular weight excluding hydrogens is 260 g/mol. The zero-order valence-corrected chi connectivity index (χ0v) is 11.6. The van der Waals surface area contributed by atoms with Crippen molar-refractivity contribution in [2.75, 3.05) is 0 Å². The van der Waals surface area contributed by atoms with E-state index in [1.165, 1.54) is 0 Å². The maximum atomic E-state index is 12.0. The average Bonchev–Trinajstić information content (AvgIpc) is 3.12. The Morgan fingerprint density at radius 2 is 2.30 bits per heavy atom. The fraction of sp³-hybridized carbons (Fsp3) is 0.615. The van der Waals surface area contributed by atoms with Crippen molar-refractivity contribution in [2.45, 2.75) is 44.7 Å². The third kappa shape index (κ3) is 2.92. The lowest BCUT2D eigenvalue weighted by molar-refractivity contribution is -0.144. The summed E-state index contributed by atoms with van der Waals surface area (Å²) in [6.07, 6.45) is 5.62. The van der Waals surface area contributed by atoms with Crippen LogP contribution in [-0.4, -0.2) is 32.6 Å². The number of carboxylic acids is 1. The summed E-state index contributed by atoms with van der Waals surface area (Å²) in [5.41, 5.74) is -1.20. The smallest absolute Gasteiger partial charge is 0.329 e. The van der Waals surface area contributed by atoms with Crippen LogP contribution in [0.1, 0.15) is 45.0 Å². The summed E-state index contributed by atoms with van der Waals surface area (Å²) in [6, 6.07) is -0.743. The predicted molar refractivity (Wildman–Crippen MR) is 72.1 cm³/mol. The van der Waals surface area contributed by atoms with Crippen molar-refractivity contribution >= 4 is 12.0 Å². The van der Waals surface area contributed by atoms with Gasteiger partial charge in [0.2, 0.25) is 0 Å². The van der Waals surface area contributed by atoms with Crippen LogP contribution in [0.4, 0.5) is 4.79 Å². The number of carbonyl (C=O) groups excluding carboxylic acids is 1. The minimum absolute atomic E-state index is 0.00874.